The lowest BCUT2D eigenvalue weighted by molar-refractivity contribution is -0.142. The zero-order valence-electron chi connectivity index (χ0n) is 11.2. The van der Waals surface area contributed by atoms with Gasteiger partial charge in [-0.1, -0.05) is 12.1 Å². The van der Waals surface area contributed by atoms with Crippen molar-refractivity contribution in [1.29, 1.82) is 0 Å². The number of carbonyl (C=O) groups is 2. The van der Waals surface area contributed by atoms with Gasteiger partial charge in [0, 0.05) is 18.4 Å². The molecule has 1 spiro atoms. The van der Waals surface area contributed by atoms with Crippen LogP contribution in [0.4, 0.5) is 4.39 Å². The molecule has 106 valence electrons. The highest BCUT2D eigenvalue weighted by molar-refractivity contribution is 6.02. The topological polar surface area (TPSA) is 55.4 Å². The maximum Gasteiger partial charge on any atom is 0.234 e. The zero-order chi connectivity index (χ0) is 14.3. The number of carbonyl (C=O) groups excluding carboxylic acids is 2. The SMILES string of the molecule is CC1OCCC12CC(=O)NC(=O)C2c1ccc(F)cc1. The summed E-state index contributed by atoms with van der Waals surface area (Å²) in [7, 11) is 0. The van der Waals surface area contributed by atoms with Gasteiger partial charge in [0.05, 0.1) is 12.0 Å². The first-order chi connectivity index (χ1) is 9.53. The van der Waals surface area contributed by atoms with Crippen molar-refractivity contribution < 1.29 is 18.7 Å². The standard InChI is InChI=1S/C15H16FNO3/c1-9-15(6-7-20-9)8-12(18)17-14(19)13(15)10-2-4-11(16)5-3-10/h2-5,9,13H,6-8H2,1H3,(H,17,18,19). The van der Waals surface area contributed by atoms with Crippen LogP contribution in [0, 0.1) is 11.2 Å². The first-order valence-corrected chi connectivity index (χ1v) is 6.74. The van der Waals surface area contributed by atoms with Crippen LogP contribution >= 0.6 is 0 Å². The van der Waals surface area contributed by atoms with Crippen LogP contribution in [0.2, 0.25) is 0 Å². The quantitative estimate of drug-likeness (QED) is 0.796. The maximum atomic E-state index is 13.1. The molecule has 4 nitrogen and oxygen atoms in total. The Hall–Kier alpha value is -1.75. The molecular weight excluding hydrogens is 261 g/mol. The lowest BCUT2D eigenvalue weighted by Crippen LogP contribution is -2.53. The van der Waals surface area contributed by atoms with E-state index in [-0.39, 0.29) is 30.2 Å². The normalized spacial score (nSPS) is 33.5. The van der Waals surface area contributed by atoms with Gasteiger partial charge in [-0.25, -0.2) is 4.39 Å². The molecule has 3 unspecified atom stereocenters. The predicted molar refractivity (Wildman–Crippen MR) is 69.4 cm³/mol. The number of rotatable bonds is 1. The predicted octanol–water partition coefficient (Wildman–Crippen LogP) is 1.75. The monoisotopic (exact) mass is 277 g/mol. The molecule has 2 aliphatic heterocycles. The Labute approximate surface area is 116 Å². The molecule has 2 heterocycles. The highest BCUT2D eigenvalue weighted by atomic mass is 19.1. The number of halogens is 1. The number of imide groups is 1. The zero-order valence-corrected chi connectivity index (χ0v) is 11.2. The Kier molecular flexibility index (Phi) is 3.09. The number of hydrogen-bond donors (Lipinski definition) is 1. The third-order valence-electron chi connectivity index (χ3n) is 4.54. The molecule has 0 saturated carbocycles. The average Bonchev–Trinajstić information content (AvgIpc) is 2.72. The number of nitrogens with one attached hydrogen (secondary N) is 1. The summed E-state index contributed by atoms with van der Waals surface area (Å²) in [6.45, 7) is 2.44. The first kappa shape index (κ1) is 13.2. The van der Waals surface area contributed by atoms with Gasteiger partial charge < -0.3 is 4.74 Å². The number of piperidine rings is 1. The Balaban J connectivity index is 2.06. The Morgan fingerprint density at radius 3 is 2.60 bits per heavy atom. The molecule has 3 atom stereocenters. The van der Waals surface area contributed by atoms with E-state index in [9.17, 15) is 14.0 Å². The van der Waals surface area contributed by atoms with E-state index in [1.54, 1.807) is 12.1 Å². The lowest BCUT2D eigenvalue weighted by atomic mass is 9.63. The molecule has 2 amide bonds. The molecule has 1 aromatic carbocycles. The summed E-state index contributed by atoms with van der Waals surface area (Å²) < 4.78 is 18.7. The molecule has 3 rings (SSSR count). The van der Waals surface area contributed by atoms with Gasteiger partial charge in [0.1, 0.15) is 5.82 Å². The average molecular weight is 277 g/mol. The van der Waals surface area contributed by atoms with Gasteiger partial charge in [-0.3, -0.25) is 14.9 Å². The second-order valence-corrected chi connectivity index (χ2v) is 5.57. The van der Waals surface area contributed by atoms with Crippen molar-refractivity contribution in [3.05, 3.63) is 35.6 Å². The minimum atomic E-state index is -0.517. The van der Waals surface area contributed by atoms with Crippen molar-refractivity contribution in [1.82, 2.24) is 5.32 Å². The summed E-state index contributed by atoms with van der Waals surface area (Å²) >= 11 is 0. The Bertz CT molecular complexity index is 557. The Morgan fingerprint density at radius 2 is 2.00 bits per heavy atom. The van der Waals surface area contributed by atoms with Crippen molar-refractivity contribution in [3.8, 4) is 0 Å². The van der Waals surface area contributed by atoms with Crippen LogP contribution in [-0.4, -0.2) is 24.5 Å². The molecule has 0 radical (unpaired) electrons. The third-order valence-corrected chi connectivity index (χ3v) is 4.54. The number of amides is 2. The summed E-state index contributed by atoms with van der Waals surface area (Å²) in [5, 5.41) is 2.39. The third kappa shape index (κ3) is 1.93. The van der Waals surface area contributed by atoms with E-state index in [0.717, 1.165) is 5.56 Å². The molecule has 2 aliphatic rings. The molecule has 2 fully saturated rings. The Morgan fingerprint density at radius 1 is 1.30 bits per heavy atom. The summed E-state index contributed by atoms with van der Waals surface area (Å²) in [4.78, 5) is 24.1. The van der Waals surface area contributed by atoms with Crippen LogP contribution in [0.25, 0.3) is 0 Å². The van der Waals surface area contributed by atoms with E-state index >= 15 is 0 Å². The van der Waals surface area contributed by atoms with Crippen molar-refractivity contribution >= 4 is 11.8 Å². The van der Waals surface area contributed by atoms with E-state index in [1.165, 1.54) is 12.1 Å². The van der Waals surface area contributed by atoms with Gasteiger partial charge in [-0.05, 0) is 31.0 Å². The molecule has 0 aliphatic carbocycles. The number of hydrogen-bond acceptors (Lipinski definition) is 3. The van der Waals surface area contributed by atoms with Crippen molar-refractivity contribution in [2.45, 2.75) is 31.8 Å². The summed E-state index contributed by atoms with van der Waals surface area (Å²) in [5.41, 5.74) is 0.214. The minimum Gasteiger partial charge on any atom is -0.378 e. The van der Waals surface area contributed by atoms with Gasteiger partial charge in [0.15, 0.2) is 0 Å². The van der Waals surface area contributed by atoms with Crippen LogP contribution in [0.5, 0.6) is 0 Å². The van der Waals surface area contributed by atoms with Gasteiger partial charge in [-0.15, -0.1) is 0 Å². The van der Waals surface area contributed by atoms with E-state index in [2.05, 4.69) is 5.32 Å². The van der Waals surface area contributed by atoms with Crippen LogP contribution in [0.15, 0.2) is 24.3 Å². The highest BCUT2D eigenvalue weighted by Gasteiger charge is 2.55. The van der Waals surface area contributed by atoms with Gasteiger partial charge in [0.25, 0.3) is 0 Å². The number of benzene rings is 1. The van der Waals surface area contributed by atoms with Gasteiger partial charge in [-0.2, -0.15) is 0 Å². The molecular formula is C15H16FNO3. The first-order valence-electron chi connectivity index (χ1n) is 6.74. The van der Waals surface area contributed by atoms with E-state index < -0.39 is 11.3 Å². The molecule has 5 heteroatoms. The fourth-order valence-corrected chi connectivity index (χ4v) is 3.46. The van der Waals surface area contributed by atoms with E-state index in [0.29, 0.717) is 13.0 Å². The second kappa shape index (κ2) is 4.66. The lowest BCUT2D eigenvalue weighted by Gasteiger charge is -2.41. The highest BCUT2D eigenvalue weighted by Crippen LogP contribution is 2.51. The van der Waals surface area contributed by atoms with Crippen molar-refractivity contribution in [2.75, 3.05) is 6.61 Å². The molecule has 0 bridgehead atoms. The smallest absolute Gasteiger partial charge is 0.234 e. The molecule has 1 N–H and O–H groups in total. The largest absolute Gasteiger partial charge is 0.378 e. The fourth-order valence-electron chi connectivity index (χ4n) is 3.46. The van der Waals surface area contributed by atoms with E-state index in [4.69, 9.17) is 4.74 Å². The molecule has 20 heavy (non-hydrogen) atoms. The van der Waals surface area contributed by atoms with Gasteiger partial charge in [0.2, 0.25) is 11.8 Å². The number of ether oxygens (including phenoxy) is 1. The molecule has 2 saturated heterocycles. The minimum absolute atomic E-state index is 0.174. The fraction of sp³-hybridized carbons (Fsp3) is 0.467. The van der Waals surface area contributed by atoms with Crippen LogP contribution < -0.4 is 5.32 Å². The second-order valence-electron chi connectivity index (χ2n) is 5.57. The summed E-state index contributed by atoms with van der Waals surface area (Å²) in [6.07, 6.45) is 0.754. The molecule has 1 aromatic rings. The van der Waals surface area contributed by atoms with Crippen molar-refractivity contribution in [2.24, 2.45) is 5.41 Å². The van der Waals surface area contributed by atoms with Crippen LogP contribution in [0.1, 0.15) is 31.2 Å². The summed E-state index contributed by atoms with van der Waals surface area (Å²) in [6, 6.07) is 5.91. The summed E-state index contributed by atoms with van der Waals surface area (Å²) in [5.74, 6) is -1.39. The van der Waals surface area contributed by atoms with E-state index in [1.807, 2.05) is 6.92 Å². The van der Waals surface area contributed by atoms with Crippen LogP contribution in [-0.2, 0) is 14.3 Å². The maximum absolute atomic E-state index is 13.1. The molecule has 0 aromatic heterocycles. The van der Waals surface area contributed by atoms with Gasteiger partial charge >= 0.3 is 0 Å². The van der Waals surface area contributed by atoms with Crippen LogP contribution in [0.3, 0.4) is 0 Å². The van der Waals surface area contributed by atoms with Crippen molar-refractivity contribution in [3.63, 3.8) is 0 Å².